The van der Waals surface area contributed by atoms with Crippen LogP contribution in [0.2, 0.25) is 0 Å². The molecule has 0 amide bonds. The molecule has 17 heavy (non-hydrogen) atoms. The predicted octanol–water partition coefficient (Wildman–Crippen LogP) is 2.43. The van der Waals surface area contributed by atoms with Gasteiger partial charge in [-0.1, -0.05) is 17.7 Å². The van der Waals surface area contributed by atoms with Crippen molar-refractivity contribution in [2.75, 3.05) is 27.2 Å². The molecular formula is C15H24N2. The highest BCUT2D eigenvalue weighted by Crippen LogP contribution is 2.34. The van der Waals surface area contributed by atoms with Crippen LogP contribution in [0.25, 0.3) is 0 Å². The summed E-state index contributed by atoms with van der Waals surface area (Å²) in [7, 11) is 4.39. The molecular weight excluding hydrogens is 208 g/mol. The Bertz CT molecular complexity index is 382. The van der Waals surface area contributed by atoms with Crippen molar-refractivity contribution in [3.63, 3.8) is 0 Å². The first-order valence-electron chi connectivity index (χ1n) is 6.45. The van der Waals surface area contributed by atoms with Gasteiger partial charge in [0.15, 0.2) is 0 Å². The number of hydrogen-bond donors (Lipinski definition) is 1. The van der Waals surface area contributed by atoms with Crippen molar-refractivity contribution in [2.24, 2.45) is 5.92 Å². The Kier molecular flexibility index (Phi) is 3.55. The molecule has 0 saturated carbocycles. The minimum atomic E-state index is 0.553. The Morgan fingerprint density at radius 1 is 1.12 bits per heavy atom. The SMILES string of the molecule is Cc1cc(C)c(C(C2CNC2)N(C)C)c(C)c1. The molecule has 1 heterocycles. The van der Waals surface area contributed by atoms with Gasteiger partial charge in [-0.3, -0.25) is 0 Å². The topological polar surface area (TPSA) is 15.3 Å². The van der Waals surface area contributed by atoms with Gasteiger partial charge in [0.25, 0.3) is 0 Å². The summed E-state index contributed by atoms with van der Waals surface area (Å²) in [6.07, 6.45) is 0. The molecule has 0 radical (unpaired) electrons. The van der Waals surface area contributed by atoms with Crippen molar-refractivity contribution in [1.29, 1.82) is 0 Å². The summed E-state index contributed by atoms with van der Waals surface area (Å²) in [6, 6.07) is 5.17. The van der Waals surface area contributed by atoms with E-state index in [1.165, 1.54) is 22.3 Å². The summed E-state index contributed by atoms with van der Waals surface area (Å²) in [6.45, 7) is 8.97. The zero-order chi connectivity index (χ0) is 12.6. The minimum absolute atomic E-state index is 0.553. The third-order valence-corrected chi connectivity index (χ3v) is 3.85. The lowest BCUT2D eigenvalue weighted by Gasteiger charge is -2.40. The lowest BCUT2D eigenvalue weighted by Crippen LogP contribution is -2.49. The number of rotatable bonds is 3. The number of benzene rings is 1. The minimum Gasteiger partial charge on any atom is -0.316 e. The number of aryl methyl sites for hydroxylation is 3. The Morgan fingerprint density at radius 2 is 1.65 bits per heavy atom. The van der Waals surface area contributed by atoms with E-state index in [1.807, 2.05) is 0 Å². The highest BCUT2D eigenvalue weighted by molar-refractivity contribution is 5.40. The summed E-state index contributed by atoms with van der Waals surface area (Å²) in [5.74, 6) is 0.755. The Balaban J connectivity index is 2.41. The molecule has 0 spiro atoms. The molecule has 2 nitrogen and oxygen atoms in total. The largest absolute Gasteiger partial charge is 0.316 e. The van der Waals surface area contributed by atoms with Crippen LogP contribution in [0.5, 0.6) is 0 Å². The molecule has 94 valence electrons. The van der Waals surface area contributed by atoms with Crippen molar-refractivity contribution < 1.29 is 0 Å². The molecule has 0 bridgehead atoms. The van der Waals surface area contributed by atoms with Crippen molar-refractivity contribution >= 4 is 0 Å². The predicted molar refractivity (Wildman–Crippen MR) is 73.4 cm³/mol. The second kappa shape index (κ2) is 4.79. The van der Waals surface area contributed by atoms with Gasteiger partial charge >= 0.3 is 0 Å². The molecule has 0 aliphatic carbocycles. The van der Waals surface area contributed by atoms with E-state index in [4.69, 9.17) is 0 Å². The van der Waals surface area contributed by atoms with Gasteiger partial charge in [0.2, 0.25) is 0 Å². The molecule has 2 rings (SSSR count). The standard InChI is InChI=1S/C15H24N2/c1-10-6-11(2)14(12(3)7-10)15(17(4)5)13-8-16-9-13/h6-7,13,15-16H,8-9H2,1-5H3. The van der Waals surface area contributed by atoms with E-state index in [9.17, 15) is 0 Å². The van der Waals surface area contributed by atoms with Gasteiger partial charge in [0.1, 0.15) is 0 Å². The van der Waals surface area contributed by atoms with Crippen molar-refractivity contribution in [1.82, 2.24) is 10.2 Å². The maximum absolute atomic E-state index is 3.39. The van der Waals surface area contributed by atoms with E-state index in [-0.39, 0.29) is 0 Å². The summed E-state index contributed by atoms with van der Waals surface area (Å²) in [5.41, 5.74) is 5.78. The highest BCUT2D eigenvalue weighted by Gasteiger charge is 2.31. The monoisotopic (exact) mass is 232 g/mol. The molecule has 0 aromatic heterocycles. The molecule has 1 atom stereocenters. The molecule has 1 fully saturated rings. The van der Waals surface area contributed by atoms with E-state index in [0.29, 0.717) is 6.04 Å². The fourth-order valence-corrected chi connectivity index (χ4v) is 3.11. The number of nitrogens with zero attached hydrogens (tertiary/aromatic N) is 1. The summed E-state index contributed by atoms with van der Waals surface area (Å²) < 4.78 is 0. The van der Waals surface area contributed by atoms with Gasteiger partial charge in [0, 0.05) is 25.0 Å². The second-order valence-corrected chi connectivity index (χ2v) is 5.64. The lowest BCUT2D eigenvalue weighted by molar-refractivity contribution is 0.159. The fraction of sp³-hybridized carbons (Fsp3) is 0.600. The highest BCUT2D eigenvalue weighted by atomic mass is 15.1. The van der Waals surface area contributed by atoms with Gasteiger partial charge in [-0.05, 0) is 51.6 Å². The van der Waals surface area contributed by atoms with Gasteiger partial charge in [0.05, 0.1) is 0 Å². The first-order chi connectivity index (χ1) is 8.00. The van der Waals surface area contributed by atoms with E-state index in [1.54, 1.807) is 0 Å². The van der Waals surface area contributed by atoms with Crippen LogP contribution in [-0.4, -0.2) is 32.1 Å². The fourth-order valence-electron chi connectivity index (χ4n) is 3.11. The van der Waals surface area contributed by atoms with Crippen LogP contribution in [0.1, 0.15) is 28.3 Å². The zero-order valence-electron chi connectivity index (χ0n) is 11.7. The quantitative estimate of drug-likeness (QED) is 0.861. The average molecular weight is 232 g/mol. The summed E-state index contributed by atoms with van der Waals surface area (Å²) in [4.78, 5) is 2.37. The van der Waals surface area contributed by atoms with Gasteiger partial charge in [-0.2, -0.15) is 0 Å². The third kappa shape index (κ3) is 2.38. The normalized spacial score (nSPS) is 18.2. The van der Waals surface area contributed by atoms with Crippen LogP contribution >= 0.6 is 0 Å². The Labute approximate surface area is 105 Å². The van der Waals surface area contributed by atoms with E-state index >= 15 is 0 Å². The third-order valence-electron chi connectivity index (χ3n) is 3.85. The first-order valence-corrected chi connectivity index (χ1v) is 6.45. The second-order valence-electron chi connectivity index (χ2n) is 5.64. The lowest BCUT2D eigenvalue weighted by atomic mass is 9.83. The van der Waals surface area contributed by atoms with Crippen LogP contribution in [0, 0.1) is 26.7 Å². The van der Waals surface area contributed by atoms with Crippen LogP contribution in [0.3, 0.4) is 0 Å². The maximum atomic E-state index is 3.39. The number of nitrogens with one attached hydrogen (secondary N) is 1. The molecule has 1 saturated heterocycles. The van der Waals surface area contributed by atoms with Crippen LogP contribution in [0.4, 0.5) is 0 Å². The number of hydrogen-bond acceptors (Lipinski definition) is 2. The van der Waals surface area contributed by atoms with E-state index in [2.05, 4.69) is 57.2 Å². The maximum Gasteiger partial charge on any atom is 0.0399 e. The summed E-state index contributed by atoms with van der Waals surface area (Å²) in [5, 5.41) is 3.39. The molecule has 1 aliphatic rings. The molecule has 2 heteroatoms. The van der Waals surface area contributed by atoms with Crippen molar-refractivity contribution in [3.8, 4) is 0 Å². The van der Waals surface area contributed by atoms with Crippen molar-refractivity contribution in [3.05, 3.63) is 34.4 Å². The Hall–Kier alpha value is -0.860. The van der Waals surface area contributed by atoms with Crippen LogP contribution < -0.4 is 5.32 Å². The van der Waals surface area contributed by atoms with E-state index < -0.39 is 0 Å². The average Bonchev–Trinajstić information content (AvgIpc) is 2.11. The summed E-state index contributed by atoms with van der Waals surface area (Å²) >= 11 is 0. The van der Waals surface area contributed by atoms with E-state index in [0.717, 1.165) is 19.0 Å². The molecule has 1 unspecified atom stereocenters. The Morgan fingerprint density at radius 3 is 2.00 bits per heavy atom. The smallest absolute Gasteiger partial charge is 0.0399 e. The zero-order valence-corrected chi connectivity index (χ0v) is 11.7. The molecule has 1 aromatic rings. The van der Waals surface area contributed by atoms with Gasteiger partial charge in [-0.25, -0.2) is 0 Å². The molecule has 1 aromatic carbocycles. The van der Waals surface area contributed by atoms with Crippen LogP contribution in [0.15, 0.2) is 12.1 Å². The molecule has 1 aliphatic heterocycles. The molecule has 1 N–H and O–H groups in total. The van der Waals surface area contributed by atoms with Gasteiger partial charge < -0.3 is 10.2 Å². The van der Waals surface area contributed by atoms with Gasteiger partial charge in [-0.15, -0.1) is 0 Å². The first kappa shape index (κ1) is 12.6. The van der Waals surface area contributed by atoms with Crippen LogP contribution in [-0.2, 0) is 0 Å². The van der Waals surface area contributed by atoms with Crippen molar-refractivity contribution in [2.45, 2.75) is 26.8 Å².